The molecule has 2 rings (SSSR count). The Morgan fingerprint density at radius 1 is 1.25 bits per heavy atom. The monoisotopic (exact) mass is 291 g/mol. The summed E-state index contributed by atoms with van der Waals surface area (Å²) in [6.07, 6.45) is 3.31. The van der Waals surface area contributed by atoms with E-state index in [2.05, 4.69) is 15.5 Å². The molecule has 0 aliphatic rings. The molecule has 0 bridgehead atoms. The Morgan fingerprint density at radius 2 is 2.10 bits per heavy atom. The number of halogens is 1. The van der Waals surface area contributed by atoms with E-state index in [9.17, 15) is 0 Å². The second kappa shape index (κ2) is 6.77. The summed E-state index contributed by atoms with van der Waals surface area (Å²) in [5.41, 5.74) is 3.61. The van der Waals surface area contributed by atoms with Crippen molar-refractivity contribution in [1.82, 2.24) is 4.98 Å². The van der Waals surface area contributed by atoms with Crippen molar-refractivity contribution in [3.05, 3.63) is 47.1 Å². The first-order valence-corrected chi connectivity index (χ1v) is 6.24. The molecule has 0 spiro atoms. The number of hydrogen-bond donors (Lipinski definition) is 1. The number of aromatic nitrogens is 1. The maximum Gasteiger partial charge on any atom is 0.179 e. The minimum absolute atomic E-state index is 0.464. The lowest BCUT2D eigenvalue weighted by Gasteiger charge is -2.09. The maximum atomic E-state index is 6.11. The van der Waals surface area contributed by atoms with E-state index in [1.54, 1.807) is 38.8 Å². The van der Waals surface area contributed by atoms with Gasteiger partial charge in [-0.15, -0.1) is 0 Å². The average molecular weight is 292 g/mol. The minimum Gasteiger partial charge on any atom is -0.493 e. The SMILES string of the molecule is COc1cc(/C=N/Nc2ccccn2)cc(Cl)c1OC. The molecule has 1 heterocycles. The fourth-order valence-electron chi connectivity index (χ4n) is 1.61. The average Bonchev–Trinajstić information content (AvgIpc) is 2.47. The molecule has 1 N–H and O–H groups in total. The van der Waals surface area contributed by atoms with Gasteiger partial charge in [0.1, 0.15) is 5.82 Å². The zero-order chi connectivity index (χ0) is 14.4. The molecular weight excluding hydrogens is 278 g/mol. The van der Waals surface area contributed by atoms with Crippen LogP contribution in [0.1, 0.15) is 5.56 Å². The van der Waals surface area contributed by atoms with Crippen molar-refractivity contribution in [2.75, 3.05) is 19.6 Å². The van der Waals surface area contributed by atoms with Gasteiger partial charge < -0.3 is 9.47 Å². The molecule has 0 radical (unpaired) electrons. The smallest absolute Gasteiger partial charge is 0.179 e. The third-order valence-corrected chi connectivity index (χ3v) is 2.79. The molecule has 2 aromatic rings. The van der Waals surface area contributed by atoms with Crippen LogP contribution in [0.3, 0.4) is 0 Å². The Hall–Kier alpha value is -2.27. The van der Waals surface area contributed by atoms with Gasteiger partial charge in [-0.25, -0.2) is 4.98 Å². The van der Waals surface area contributed by atoms with Crippen LogP contribution < -0.4 is 14.9 Å². The van der Waals surface area contributed by atoms with Crippen LogP contribution in [0.25, 0.3) is 0 Å². The fraction of sp³-hybridized carbons (Fsp3) is 0.143. The number of hydrazone groups is 1. The van der Waals surface area contributed by atoms with Gasteiger partial charge >= 0.3 is 0 Å². The first-order valence-electron chi connectivity index (χ1n) is 5.86. The molecule has 6 heteroatoms. The van der Waals surface area contributed by atoms with E-state index in [1.165, 1.54) is 0 Å². The highest BCUT2D eigenvalue weighted by atomic mass is 35.5. The lowest BCUT2D eigenvalue weighted by atomic mass is 10.2. The summed E-state index contributed by atoms with van der Waals surface area (Å²) in [7, 11) is 3.10. The second-order valence-electron chi connectivity index (χ2n) is 3.82. The van der Waals surface area contributed by atoms with Crippen LogP contribution in [0.15, 0.2) is 41.6 Å². The molecule has 0 amide bonds. The molecule has 1 aromatic heterocycles. The Kier molecular flexibility index (Phi) is 4.79. The van der Waals surface area contributed by atoms with Gasteiger partial charge in [0.05, 0.1) is 25.5 Å². The molecular formula is C14H14ClN3O2. The molecule has 0 atom stereocenters. The summed E-state index contributed by atoms with van der Waals surface area (Å²) in [5, 5.41) is 4.56. The van der Waals surface area contributed by atoms with Crippen LogP contribution in [-0.2, 0) is 0 Å². The van der Waals surface area contributed by atoms with E-state index >= 15 is 0 Å². The Morgan fingerprint density at radius 3 is 2.75 bits per heavy atom. The van der Waals surface area contributed by atoms with E-state index in [1.807, 2.05) is 18.2 Å². The Balaban J connectivity index is 2.15. The van der Waals surface area contributed by atoms with Crippen LogP contribution in [-0.4, -0.2) is 25.4 Å². The number of rotatable bonds is 5. The van der Waals surface area contributed by atoms with Crippen molar-refractivity contribution in [1.29, 1.82) is 0 Å². The van der Waals surface area contributed by atoms with E-state index in [-0.39, 0.29) is 0 Å². The van der Waals surface area contributed by atoms with Crippen LogP contribution in [0.5, 0.6) is 11.5 Å². The normalized spacial score (nSPS) is 10.6. The predicted octanol–water partition coefficient (Wildman–Crippen LogP) is 3.20. The van der Waals surface area contributed by atoms with E-state index in [4.69, 9.17) is 21.1 Å². The third-order valence-electron chi connectivity index (χ3n) is 2.51. The van der Waals surface area contributed by atoms with E-state index < -0.39 is 0 Å². The van der Waals surface area contributed by atoms with Crippen LogP contribution in [0.4, 0.5) is 5.82 Å². The largest absolute Gasteiger partial charge is 0.493 e. The lowest BCUT2D eigenvalue weighted by Crippen LogP contribution is -1.95. The molecule has 1 aromatic carbocycles. The summed E-state index contributed by atoms with van der Waals surface area (Å²) >= 11 is 6.11. The molecule has 104 valence electrons. The first kappa shape index (κ1) is 14.1. The van der Waals surface area contributed by atoms with Crippen molar-refractivity contribution >= 4 is 23.6 Å². The van der Waals surface area contributed by atoms with Gasteiger partial charge in [0.2, 0.25) is 0 Å². The lowest BCUT2D eigenvalue weighted by molar-refractivity contribution is 0.355. The topological polar surface area (TPSA) is 55.7 Å². The number of benzene rings is 1. The van der Waals surface area contributed by atoms with Gasteiger partial charge in [0.25, 0.3) is 0 Å². The molecule has 0 unspecified atom stereocenters. The standard InChI is InChI=1S/C14H14ClN3O2/c1-19-12-8-10(7-11(15)14(12)20-2)9-17-18-13-5-3-4-6-16-13/h3-9H,1-2H3,(H,16,18)/b17-9+. The molecule has 0 saturated heterocycles. The number of hydrogen-bond acceptors (Lipinski definition) is 5. The second-order valence-corrected chi connectivity index (χ2v) is 4.23. The van der Waals surface area contributed by atoms with Gasteiger partial charge in [-0.3, -0.25) is 5.43 Å². The van der Waals surface area contributed by atoms with Crippen molar-refractivity contribution in [3.8, 4) is 11.5 Å². The summed E-state index contributed by atoms with van der Waals surface area (Å²) < 4.78 is 10.4. The van der Waals surface area contributed by atoms with Crippen molar-refractivity contribution in [2.45, 2.75) is 0 Å². The van der Waals surface area contributed by atoms with Gasteiger partial charge in [-0.2, -0.15) is 5.10 Å². The number of nitrogens with zero attached hydrogens (tertiary/aromatic N) is 2. The summed E-state index contributed by atoms with van der Waals surface area (Å²) in [6, 6.07) is 9.06. The highest BCUT2D eigenvalue weighted by molar-refractivity contribution is 6.32. The Labute approximate surface area is 122 Å². The highest BCUT2D eigenvalue weighted by Crippen LogP contribution is 2.35. The van der Waals surface area contributed by atoms with Crippen LogP contribution in [0, 0.1) is 0 Å². The highest BCUT2D eigenvalue weighted by Gasteiger charge is 2.09. The predicted molar refractivity (Wildman–Crippen MR) is 80.0 cm³/mol. The molecule has 0 saturated carbocycles. The molecule has 5 nitrogen and oxygen atoms in total. The van der Waals surface area contributed by atoms with E-state index in [0.717, 1.165) is 5.56 Å². The van der Waals surface area contributed by atoms with Gasteiger partial charge in [-0.1, -0.05) is 17.7 Å². The third kappa shape index (κ3) is 3.39. The van der Waals surface area contributed by atoms with Gasteiger partial charge in [0.15, 0.2) is 11.5 Å². The van der Waals surface area contributed by atoms with E-state index in [0.29, 0.717) is 22.3 Å². The quantitative estimate of drug-likeness (QED) is 0.679. The fourth-order valence-corrected chi connectivity index (χ4v) is 1.91. The molecule has 0 aliphatic carbocycles. The van der Waals surface area contributed by atoms with Gasteiger partial charge in [-0.05, 0) is 29.8 Å². The summed E-state index contributed by atoms with van der Waals surface area (Å²) in [5.74, 6) is 1.72. The van der Waals surface area contributed by atoms with Crippen molar-refractivity contribution < 1.29 is 9.47 Å². The molecule has 0 fully saturated rings. The number of anilines is 1. The van der Waals surface area contributed by atoms with Crippen LogP contribution >= 0.6 is 11.6 Å². The summed E-state index contributed by atoms with van der Waals surface area (Å²) in [4.78, 5) is 4.09. The number of methoxy groups -OCH3 is 2. The van der Waals surface area contributed by atoms with Crippen molar-refractivity contribution in [3.63, 3.8) is 0 Å². The first-order chi connectivity index (χ1) is 9.74. The number of nitrogens with one attached hydrogen (secondary N) is 1. The number of pyridine rings is 1. The number of ether oxygens (including phenoxy) is 2. The summed E-state index contributed by atoms with van der Waals surface area (Å²) in [6.45, 7) is 0. The van der Waals surface area contributed by atoms with Gasteiger partial charge in [0, 0.05) is 6.20 Å². The zero-order valence-corrected chi connectivity index (χ0v) is 11.9. The minimum atomic E-state index is 0.464. The Bertz CT molecular complexity index is 603. The molecule has 20 heavy (non-hydrogen) atoms. The van der Waals surface area contributed by atoms with Crippen LogP contribution in [0.2, 0.25) is 5.02 Å². The molecule has 0 aliphatic heterocycles. The zero-order valence-electron chi connectivity index (χ0n) is 11.1. The van der Waals surface area contributed by atoms with Crippen molar-refractivity contribution in [2.24, 2.45) is 5.10 Å². The maximum absolute atomic E-state index is 6.11.